The molecule has 0 aliphatic rings. The zero-order valence-corrected chi connectivity index (χ0v) is 12.5. The van der Waals surface area contributed by atoms with Crippen LogP contribution in [0.15, 0.2) is 24.3 Å². The molecule has 0 saturated carbocycles. The Kier molecular flexibility index (Phi) is 7.62. The highest BCUT2D eigenvalue weighted by Crippen LogP contribution is 2.07. The highest BCUT2D eigenvalue weighted by atomic mass is 19.1. The summed E-state index contributed by atoms with van der Waals surface area (Å²) in [6, 6.07) is 7.02. The molecule has 1 rings (SSSR count). The lowest BCUT2D eigenvalue weighted by Crippen LogP contribution is -2.42. The number of benzene rings is 1. The maximum absolute atomic E-state index is 13.1. The second-order valence-corrected chi connectivity index (χ2v) is 4.85. The molecular weight excluding hydrogens is 287 g/mol. The van der Waals surface area contributed by atoms with E-state index in [0.717, 1.165) is 0 Å². The van der Waals surface area contributed by atoms with Crippen LogP contribution in [0.1, 0.15) is 31.2 Å². The molecule has 1 aromatic rings. The molecule has 0 aliphatic heterocycles. The van der Waals surface area contributed by atoms with Gasteiger partial charge in [-0.2, -0.15) is 5.26 Å². The van der Waals surface area contributed by atoms with Crippen molar-refractivity contribution in [1.82, 2.24) is 5.32 Å². The van der Waals surface area contributed by atoms with E-state index in [2.05, 4.69) is 10.1 Å². The number of ether oxygens (including phenoxy) is 1. The minimum absolute atomic E-state index is 0.0105. The number of esters is 1. The molecule has 5 nitrogen and oxygen atoms in total. The lowest BCUT2D eigenvalue weighted by Gasteiger charge is -2.16. The Labute approximate surface area is 129 Å². The summed E-state index contributed by atoms with van der Waals surface area (Å²) in [7, 11) is 1.25. The predicted molar refractivity (Wildman–Crippen MR) is 78.1 cm³/mol. The number of carbonyl (C=O) groups is 2. The molecule has 0 aliphatic carbocycles. The molecule has 0 fully saturated rings. The van der Waals surface area contributed by atoms with Gasteiger partial charge in [0.1, 0.15) is 11.9 Å². The molecule has 1 aromatic carbocycles. The number of nitrogens with zero attached hydrogens (tertiary/aromatic N) is 1. The minimum Gasteiger partial charge on any atom is -0.467 e. The average Bonchev–Trinajstić information content (AvgIpc) is 2.49. The van der Waals surface area contributed by atoms with Crippen LogP contribution in [0.3, 0.4) is 0 Å². The van der Waals surface area contributed by atoms with Crippen molar-refractivity contribution in [2.24, 2.45) is 0 Å². The Balaban J connectivity index is 2.55. The van der Waals surface area contributed by atoms with Crippen LogP contribution in [0, 0.1) is 17.1 Å². The van der Waals surface area contributed by atoms with Gasteiger partial charge in [0, 0.05) is 6.42 Å². The van der Waals surface area contributed by atoms with Crippen LogP contribution in [0.2, 0.25) is 0 Å². The van der Waals surface area contributed by atoms with E-state index in [1.165, 1.54) is 25.3 Å². The van der Waals surface area contributed by atoms with Crippen LogP contribution in [-0.2, 0) is 20.7 Å². The summed E-state index contributed by atoms with van der Waals surface area (Å²) in [4.78, 5) is 23.6. The van der Waals surface area contributed by atoms with E-state index in [0.29, 0.717) is 31.2 Å². The molecule has 0 spiro atoms. The number of halogens is 1. The number of nitrogens with one attached hydrogen (secondary N) is 1. The van der Waals surface area contributed by atoms with Gasteiger partial charge < -0.3 is 10.1 Å². The van der Waals surface area contributed by atoms with Gasteiger partial charge in [-0.15, -0.1) is 0 Å². The number of unbranched alkanes of at least 4 members (excludes halogenated alkanes) is 2. The molecule has 22 heavy (non-hydrogen) atoms. The molecule has 1 atom stereocenters. The second-order valence-electron chi connectivity index (χ2n) is 4.85. The first-order valence-corrected chi connectivity index (χ1v) is 7.05. The summed E-state index contributed by atoms with van der Waals surface area (Å²) in [5.41, 5.74) is 0.533. The number of rotatable bonds is 8. The Morgan fingerprint density at radius 1 is 1.41 bits per heavy atom. The smallest absolute Gasteiger partial charge is 0.328 e. The van der Waals surface area contributed by atoms with Crippen molar-refractivity contribution >= 4 is 11.9 Å². The Morgan fingerprint density at radius 2 is 2.18 bits per heavy atom. The summed E-state index contributed by atoms with van der Waals surface area (Å²) in [5, 5.41) is 11.1. The molecule has 118 valence electrons. The van der Waals surface area contributed by atoms with Crippen LogP contribution in [-0.4, -0.2) is 25.0 Å². The van der Waals surface area contributed by atoms with Crippen LogP contribution in [0.25, 0.3) is 0 Å². The van der Waals surface area contributed by atoms with Crippen LogP contribution in [0.5, 0.6) is 0 Å². The number of carbonyl (C=O) groups excluding carboxylic acids is 2. The van der Waals surface area contributed by atoms with Gasteiger partial charge in [-0.1, -0.05) is 12.1 Å². The van der Waals surface area contributed by atoms with Gasteiger partial charge >= 0.3 is 5.97 Å². The maximum Gasteiger partial charge on any atom is 0.328 e. The van der Waals surface area contributed by atoms with E-state index in [1.54, 1.807) is 6.07 Å². The lowest BCUT2D eigenvalue weighted by molar-refractivity contribution is -0.145. The zero-order chi connectivity index (χ0) is 16.4. The highest BCUT2D eigenvalue weighted by Gasteiger charge is 2.21. The van der Waals surface area contributed by atoms with Gasteiger partial charge in [-0.25, -0.2) is 9.18 Å². The number of nitriles is 1. The third-order valence-corrected chi connectivity index (χ3v) is 3.11. The van der Waals surface area contributed by atoms with Crippen molar-refractivity contribution in [3.05, 3.63) is 35.6 Å². The van der Waals surface area contributed by atoms with E-state index < -0.39 is 17.8 Å². The molecule has 0 radical (unpaired) electrons. The molecule has 0 unspecified atom stereocenters. The van der Waals surface area contributed by atoms with Crippen LogP contribution in [0.4, 0.5) is 4.39 Å². The molecule has 0 bridgehead atoms. The van der Waals surface area contributed by atoms with E-state index in [-0.39, 0.29) is 12.3 Å². The quantitative estimate of drug-likeness (QED) is 0.589. The number of hydrogen-bond acceptors (Lipinski definition) is 4. The number of hydrogen-bond donors (Lipinski definition) is 1. The number of amides is 1. The van der Waals surface area contributed by atoms with E-state index in [4.69, 9.17) is 5.26 Å². The number of methoxy groups -OCH3 is 1. The molecule has 1 amide bonds. The van der Waals surface area contributed by atoms with Crippen LogP contribution < -0.4 is 5.32 Å². The fourth-order valence-electron chi connectivity index (χ4n) is 2.02. The fraction of sp³-hybridized carbons (Fsp3) is 0.438. The van der Waals surface area contributed by atoms with E-state index >= 15 is 0 Å². The largest absolute Gasteiger partial charge is 0.467 e. The first-order chi connectivity index (χ1) is 10.6. The molecule has 0 saturated heterocycles. The van der Waals surface area contributed by atoms with Crippen molar-refractivity contribution in [1.29, 1.82) is 5.26 Å². The standard InChI is InChI=1S/C16H19FN2O3/c1-22-16(21)14(8-3-2-4-9-18)19-15(20)11-12-6-5-7-13(17)10-12/h5-7,10,14H,2-4,8,11H2,1H3,(H,19,20)/t14-/m1/s1. The van der Waals surface area contributed by atoms with Gasteiger partial charge in [0.2, 0.25) is 5.91 Å². The highest BCUT2D eigenvalue weighted by molar-refractivity contribution is 5.85. The maximum atomic E-state index is 13.1. The van der Waals surface area contributed by atoms with Gasteiger partial charge in [0.25, 0.3) is 0 Å². The Bertz CT molecular complexity index is 555. The summed E-state index contributed by atoms with van der Waals surface area (Å²) >= 11 is 0. The predicted octanol–water partition coefficient (Wildman–Crippen LogP) is 2.11. The topological polar surface area (TPSA) is 79.2 Å². The first-order valence-electron chi connectivity index (χ1n) is 7.05. The SMILES string of the molecule is COC(=O)[C@@H](CCCCC#N)NC(=O)Cc1cccc(F)c1. The third-order valence-electron chi connectivity index (χ3n) is 3.11. The minimum atomic E-state index is -0.746. The van der Waals surface area contributed by atoms with Crippen molar-refractivity contribution in [2.45, 2.75) is 38.1 Å². The fourth-order valence-corrected chi connectivity index (χ4v) is 2.02. The average molecular weight is 306 g/mol. The van der Waals surface area contributed by atoms with Crippen molar-refractivity contribution in [3.63, 3.8) is 0 Å². The summed E-state index contributed by atoms with van der Waals surface area (Å²) in [6.45, 7) is 0. The zero-order valence-electron chi connectivity index (χ0n) is 12.5. The van der Waals surface area contributed by atoms with E-state index in [1.807, 2.05) is 6.07 Å². The van der Waals surface area contributed by atoms with Gasteiger partial charge in [-0.3, -0.25) is 4.79 Å². The van der Waals surface area contributed by atoms with Gasteiger partial charge in [-0.05, 0) is 37.0 Å². The monoisotopic (exact) mass is 306 g/mol. The summed E-state index contributed by atoms with van der Waals surface area (Å²) < 4.78 is 17.7. The summed E-state index contributed by atoms with van der Waals surface area (Å²) in [5.74, 6) is -1.31. The third kappa shape index (κ3) is 6.35. The molecular formula is C16H19FN2O3. The first kappa shape index (κ1) is 17.6. The normalized spacial score (nSPS) is 11.3. The van der Waals surface area contributed by atoms with E-state index in [9.17, 15) is 14.0 Å². The molecule has 0 aromatic heterocycles. The van der Waals surface area contributed by atoms with Crippen LogP contribution >= 0.6 is 0 Å². The Morgan fingerprint density at radius 3 is 2.82 bits per heavy atom. The molecule has 1 N–H and O–H groups in total. The molecule has 6 heteroatoms. The van der Waals surface area contributed by atoms with Gasteiger partial charge in [0.05, 0.1) is 19.6 Å². The summed E-state index contributed by atoms with van der Waals surface area (Å²) in [6.07, 6.45) is 2.09. The van der Waals surface area contributed by atoms with Crippen molar-refractivity contribution in [3.8, 4) is 6.07 Å². The molecule has 0 heterocycles. The Hall–Kier alpha value is -2.42. The van der Waals surface area contributed by atoms with Crippen molar-refractivity contribution in [2.75, 3.05) is 7.11 Å². The lowest BCUT2D eigenvalue weighted by atomic mass is 10.1. The van der Waals surface area contributed by atoms with Crippen molar-refractivity contribution < 1.29 is 18.7 Å². The van der Waals surface area contributed by atoms with Gasteiger partial charge in [0.15, 0.2) is 0 Å². The second kappa shape index (κ2) is 9.50.